The number of hydrogen-bond acceptors (Lipinski definition) is 4. The van der Waals surface area contributed by atoms with Crippen molar-refractivity contribution in [3.8, 4) is 0 Å². The van der Waals surface area contributed by atoms with Gasteiger partial charge in [0.1, 0.15) is 0 Å². The maximum atomic E-state index is 11.8. The average molecular weight is 259 g/mol. The molecule has 0 aliphatic carbocycles. The second-order valence-corrected chi connectivity index (χ2v) is 4.21. The Balaban J connectivity index is 3.89. The van der Waals surface area contributed by atoms with E-state index in [0.29, 0.717) is 13.0 Å². The summed E-state index contributed by atoms with van der Waals surface area (Å²) in [6.07, 6.45) is 4.30. The number of carbonyl (C=O) groups excluding carboxylic acids is 1. The Labute approximate surface area is 109 Å². The summed E-state index contributed by atoms with van der Waals surface area (Å²) in [5, 5.41) is 14.3. The number of nitrogens with two attached hydrogens (primary N) is 1. The van der Waals surface area contributed by atoms with E-state index in [4.69, 9.17) is 15.7 Å². The molecule has 0 radical (unpaired) electrons. The second kappa shape index (κ2) is 10.8. The molecule has 18 heavy (non-hydrogen) atoms. The Bertz CT molecular complexity index is 257. The minimum absolute atomic E-state index is 0.0197. The van der Waals surface area contributed by atoms with Crippen molar-refractivity contribution in [3.05, 3.63) is 0 Å². The van der Waals surface area contributed by atoms with Crippen molar-refractivity contribution in [1.82, 2.24) is 5.32 Å². The van der Waals surface area contributed by atoms with Crippen molar-refractivity contribution in [1.29, 1.82) is 0 Å². The van der Waals surface area contributed by atoms with Crippen molar-refractivity contribution < 1.29 is 14.7 Å². The fourth-order valence-corrected chi connectivity index (χ4v) is 1.65. The van der Waals surface area contributed by atoms with Crippen molar-refractivity contribution in [3.63, 3.8) is 0 Å². The van der Waals surface area contributed by atoms with Crippen LogP contribution in [-0.2, 0) is 9.53 Å². The van der Waals surface area contributed by atoms with Gasteiger partial charge in [-0.2, -0.15) is 0 Å². The van der Waals surface area contributed by atoms with E-state index in [9.17, 15) is 4.79 Å². The third kappa shape index (κ3) is 7.11. The molecular weight excluding hydrogens is 234 g/mol. The Kier molecular flexibility index (Phi) is 10.0. The molecule has 6 nitrogen and oxygen atoms in total. The van der Waals surface area contributed by atoms with Gasteiger partial charge in [0.25, 0.3) is 0 Å². The molecule has 1 unspecified atom stereocenters. The van der Waals surface area contributed by atoms with Crippen molar-refractivity contribution in [2.75, 3.05) is 20.3 Å². The fourth-order valence-electron chi connectivity index (χ4n) is 1.65. The summed E-state index contributed by atoms with van der Waals surface area (Å²) in [6.45, 7) is 3.31. The van der Waals surface area contributed by atoms with Crippen LogP contribution in [0.4, 0.5) is 0 Å². The fraction of sp³-hybridized carbons (Fsp3) is 0.833. The number of nitrogens with one attached hydrogen (secondary N) is 1. The molecule has 0 aliphatic rings. The molecule has 4 N–H and O–H groups in total. The van der Waals surface area contributed by atoms with Gasteiger partial charge < -0.3 is 21.0 Å². The molecule has 0 aromatic heterocycles. The largest absolute Gasteiger partial charge is 0.409 e. The SMILES string of the molecule is CCCC(C(=O)NCCCCCOC)C(N)=NO. The smallest absolute Gasteiger partial charge is 0.230 e. The van der Waals surface area contributed by atoms with Crippen LogP contribution in [0.2, 0.25) is 0 Å². The lowest BCUT2D eigenvalue weighted by Gasteiger charge is -2.14. The standard InChI is InChI=1S/C12H25N3O3/c1-3-7-10(11(13)15-17)12(16)14-8-5-4-6-9-18-2/h10,17H,3-9H2,1-2H3,(H2,13,15)(H,14,16). The quantitative estimate of drug-likeness (QED) is 0.180. The lowest BCUT2D eigenvalue weighted by atomic mass is 10.0. The highest BCUT2D eigenvalue weighted by Gasteiger charge is 2.21. The maximum absolute atomic E-state index is 11.8. The molecule has 0 fully saturated rings. The highest BCUT2D eigenvalue weighted by molar-refractivity contribution is 6.01. The monoisotopic (exact) mass is 259 g/mol. The topological polar surface area (TPSA) is 96.9 Å². The Morgan fingerprint density at radius 2 is 2.17 bits per heavy atom. The van der Waals surface area contributed by atoms with Crippen LogP contribution in [0.15, 0.2) is 5.16 Å². The van der Waals surface area contributed by atoms with Crippen LogP contribution in [-0.4, -0.2) is 37.2 Å². The van der Waals surface area contributed by atoms with Gasteiger partial charge in [-0.25, -0.2) is 0 Å². The second-order valence-electron chi connectivity index (χ2n) is 4.21. The van der Waals surface area contributed by atoms with Gasteiger partial charge in [0.15, 0.2) is 5.84 Å². The number of ether oxygens (including phenoxy) is 1. The predicted molar refractivity (Wildman–Crippen MR) is 70.5 cm³/mol. The lowest BCUT2D eigenvalue weighted by molar-refractivity contribution is -0.123. The first-order valence-corrected chi connectivity index (χ1v) is 6.41. The molecule has 0 aromatic carbocycles. The Morgan fingerprint density at radius 3 is 2.72 bits per heavy atom. The van der Waals surface area contributed by atoms with E-state index < -0.39 is 5.92 Å². The molecule has 1 atom stereocenters. The zero-order valence-electron chi connectivity index (χ0n) is 11.3. The Hall–Kier alpha value is -1.30. The highest BCUT2D eigenvalue weighted by Crippen LogP contribution is 2.07. The van der Waals surface area contributed by atoms with Crippen LogP contribution in [0.5, 0.6) is 0 Å². The molecule has 0 spiro atoms. The minimum Gasteiger partial charge on any atom is -0.409 e. The number of nitrogens with zero attached hydrogens (tertiary/aromatic N) is 1. The number of amides is 1. The summed E-state index contributed by atoms with van der Waals surface area (Å²) in [5.74, 6) is -0.716. The van der Waals surface area contributed by atoms with Gasteiger partial charge in [-0.15, -0.1) is 0 Å². The van der Waals surface area contributed by atoms with Gasteiger partial charge in [-0.3, -0.25) is 4.79 Å². The third-order valence-electron chi connectivity index (χ3n) is 2.69. The van der Waals surface area contributed by atoms with Crippen LogP contribution in [0.3, 0.4) is 0 Å². The van der Waals surface area contributed by atoms with E-state index >= 15 is 0 Å². The molecule has 0 saturated carbocycles. The molecule has 0 rings (SSSR count). The van der Waals surface area contributed by atoms with Crippen LogP contribution in [0, 0.1) is 5.92 Å². The van der Waals surface area contributed by atoms with Gasteiger partial charge in [0, 0.05) is 20.3 Å². The number of carbonyl (C=O) groups is 1. The van der Waals surface area contributed by atoms with Crippen molar-refractivity contribution >= 4 is 11.7 Å². The van der Waals surface area contributed by atoms with E-state index in [0.717, 1.165) is 32.3 Å². The number of hydrogen-bond donors (Lipinski definition) is 3. The van der Waals surface area contributed by atoms with Gasteiger partial charge in [-0.1, -0.05) is 18.5 Å². The lowest BCUT2D eigenvalue weighted by Crippen LogP contribution is -2.39. The van der Waals surface area contributed by atoms with Gasteiger partial charge in [0.05, 0.1) is 5.92 Å². The summed E-state index contributed by atoms with van der Waals surface area (Å²) in [4.78, 5) is 11.8. The van der Waals surface area contributed by atoms with Crippen LogP contribution in [0.25, 0.3) is 0 Å². The molecule has 0 bridgehead atoms. The van der Waals surface area contributed by atoms with Crippen LogP contribution < -0.4 is 11.1 Å². The normalized spacial score (nSPS) is 13.3. The zero-order chi connectivity index (χ0) is 13.8. The summed E-state index contributed by atoms with van der Waals surface area (Å²) in [6, 6.07) is 0. The van der Waals surface area contributed by atoms with Gasteiger partial charge in [0.2, 0.25) is 5.91 Å². The summed E-state index contributed by atoms with van der Waals surface area (Å²) >= 11 is 0. The van der Waals surface area contributed by atoms with E-state index in [2.05, 4.69) is 10.5 Å². The molecular formula is C12H25N3O3. The predicted octanol–water partition coefficient (Wildman–Crippen LogP) is 1.08. The number of oxime groups is 1. The average Bonchev–Trinajstić information content (AvgIpc) is 2.38. The van der Waals surface area contributed by atoms with Crippen molar-refractivity contribution in [2.24, 2.45) is 16.8 Å². The van der Waals surface area contributed by atoms with E-state index in [1.165, 1.54) is 0 Å². The first-order valence-electron chi connectivity index (χ1n) is 6.41. The molecule has 106 valence electrons. The highest BCUT2D eigenvalue weighted by atomic mass is 16.5. The number of amidine groups is 1. The van der Waals surface area contributed by atoms with E-state index in [1.54, 1.807) is 7.11 Å². The number of unbranched alkanes of at least 4 members (excludes halogenated alkanes) is 2. The van der Waals surface area contributed by atoms with Gasteiger partial charge in [-0.05, 0) is 25.7 Å². The molecule has 0 saturated heterocycles. The molecule has 1 amide bonds. The molecule has 0 heterocycles. The van der Waals surface area contributed by atoms with Crippen molar-refractivity contribution in [2.45, 2.75) is 39.0 Å². The molecule has 0 aromatic rings. The molecule has 6 heteroatoms. The summed E-state index contributed by atoms with van der Waals surface area (Å²) in [7, 11) is 1.67. The van der Waals surface area contributed by atoms with Crippen LogP contribution in [0.1, 0.15) is 39.0 Å². The van der Waals surface area contributed by atoms with Gasteiger partial charge >= 0.3 is 0 Å². The third-order valence-corrected chi connectivity index (χ3v) is 2.69. The first kappa shape index (κ1) is 16.7. The van der Waals surface area contributed by atoms with E-state index in [1.807, 2.05) is 6.92 Å². The first-order chi connectivity index (χ1) is 8.67. The summed E-state index contributed by atoms with van der Waals surface area (Å²) in [5.41, 5.74) is 5.50. The number of methoxy groups -OCH3 is 1. The van der Waals surface area contributed by atoms with E-state index in [-0.39, 0.29) is 11.7 Å². The summed E-state index contributed by atoms with van der Waals surface area (Å²) < 4.78 is 4.94. The number of rotatable bonds is 10. The minimum atomic E-state index is -0.529. The van der Waals surface area contributed by atoms with Crippen LogP contribution >= 0.6 is 0 Å². The zero-order valence-corrected chi connectivity index (χ0v) is 11.3. The Morgan fingerprint density at radius 1 is 1.44 bits per heavy atom. The molecule has 0 aliphatic heterocycles. The maximum Gasteiger partial charge on any atom is 0.230 e.